The molecule has 2 aromatic carbocycles. The van der Waals surface area contributed by atoms with E-state index in [1.807, 2.05) is 31.2 Å². The molecule has 0 bridgehead atoms. The number of halogens is 1. The molecule has 3 amide bonds. The molecule has 1 aliphatic rings. The molecule has 8 heteroatoms. The highest BCUT2D eigenvalue weighted by Crippen LogP contribution is 2.32. The van der Waals surface area contributed by atoms with Crippen LogP contribution < -0.4 is 10.1 Å². The van der Waals surface area contributed by atoms with Crippen LogP contribution in [0.3, 0.4) is 0 Å². The molecule has 0 spiro atoms. The van der Waals surface area contributed by atoms with Crippen molar-refractivity contribution in [2.24, 2.45) is 5.92 Å². The quantitative estimate of drug-likeness (QED) is 0.565. The number of hydrogen-bond donors (Lipinski definition) is 1. The molecule has 0 radical (unpaired) electrons. The highest BCUT2D eigenvalue weighted by atomic mass is 35.5. The Morgan fingerprint density at radius 2 is 1.90 bits per heavy atom. The Morgan fingerprint density at radius 1 is 1.19 bits per heavy atom. The molecule has 162 valence electrons. The number of anilines is 1. The van der Waals surface area contributed by atoms with Crippen LogP contribution in [0.2, 0.25) is 5.02 Å². The van der Waals surface area contributed by atoms with Gasteiger partial charge in [-0.2, -0.15) is 0 Å². The third-order valence-electron chi connectivity index (χ3n) is 4.39. The molecule has 0 saturated carbocycles. The van der Waals surface area contributed by atoms with Crippen molar-refractivity contribution in [3.05, 3.63) is 63.5 Å². The van der Waals surface area contributed by atoms with E-state index in [9.17, 15) is 14.4 Å². The van der Waals surface area contributed by atoms with Gasteiger partial charge >= 0.3 is 0 Å². The predicted molar refractivity (Wildman–Crippen MR) is 124 cm³/mol. The number of benzene rings is 2. The van der Waals surface area contributed by atoms with Crippen molar-refractivity contribution in [2.45, 2.75) is 20.8 Å². The lowest BCUT2D eigenvalue weighted by Gasteiger charge is -2.13. The Morgan fingerprint density at radius 3 is 2.55 bits per heavy atom. The van der Waals surface area contributed by atoms with Crippen LogP contribution >= 0.6 is 23.4 Å². The zero-order chi connectivity index (χ0) is 22.5. The first-order chi connectivity index (χ1) is 14.7. The fraction of sp³-hybridized carbons (Fsp3) is 0.261. The molecule has 1 saturated heterocycles. The van der Waals surface area contributed by atoms with Gasteiger partial charge in [0.2, 0.25) is 5.91 Å². The van der Waals surface area contributed by atoms with Gasteiger partial charge in [-0.25, -0.2) is 0 Å². The monoisotopic (exact) mass is 458 g/mol. The van der Waals surface area contributed by atoms with Gasteiger partial charge in [-0.05, 0) is 66.1 Å². The summed E-state index contributed by atoms with van der Waals surface area (Å²) in [5.41, 5.74) is 2.15. The van der Waals surface area contributed by atoms with Crippen LogP contribution in [0.4, 0.5) is 10.5 Å². The summed E-state index contributed by atoms with van der Waals surface area (Å²) in [6.45, 7) is 6.25. The first kappa shape index (κ1) is 22.9. The van der Waals surface area contributed by atoms with E-state index in [4.69, 9.17) is 16.3 Å². The number of ether oxygens (including phenoxy) is 1. The van der Waals surface area contributed by atoms with E-state index in [1.165, 1.54) is 0 Å². The summed E-state index contributed by atoms with van der Waals surface area (Å²) in [7, 11) is 0. The van der Waals surface area contributed by atoms with Crippen molar-refractivity contribution in [3.8, 4) is 5.75 Å². The Bertz CT molecular complexity index is 1030. The average molecular weight is 459 g/mol. The van der Waals surface area contributed by atoms with Crippen LogP contribution in [0.5, 0.6) is 5.75 Å². The van der Waals surface area contributed by atoms with Crippen LogP contribution in [0.25, 0.3) is 6.08 Å². The Labute approximate surface area is 190 Å². The Balaban J connectivity index is 1.63. The molecule has 31 heavy (non-hydrogen) atoms. The number of nitrogens with one attached hydrogen (secondary N) is 1. The molecule has 0 aliphatic carbocycles. The van der Waals surface area contributed by atoms with Gasteiger partial charge in [0.15, 0.2) is 0 Å². The minimum absolute atomic E-state index is 0.270. The van der Waals surface area contributed by atoms with Crippen molar-refractivity contribution >= 4 is 52.2 Å². The minimum Gasteiger partial charge on any atom is -0.493 e. The SMILES string of the molecule is Cc1ccc(NC(=O)CN2C(=O)S/C(=C\c3ccc(OCC(C)C)cc3)C2=O)cc1Cl. The van der Waals surface area contributed by atoms with Crippen molar-refractivity contribution in [1.82, 2.24) is 4.90 Å². The molecule has 1 fully saturated rings. The Kier molecular flexibility index (Phi) is 7.41. The maximum Gasteiger partial charge on any atom is 0.294 e. The fourth-order valence-electron chi connectivity index (χ4n) is 2.73. The van der Waals surface area contributed by atoms with Gasteiger partial charge in [0.25, 0.3) is 11.1 Å². The predicted octanol–water partition coefficient (Wildman–Crippen LogP) is 5.36. The molecule has 0 unspecified atom stereocenters. The van der Waals surface area contributed by atoms with Crippen LogP contribution in [-0.4, -0.2) is 35.1 Å². The topological polar surface area (TPSA) is 75.7 Å². The third kappa shape index (κ3) is 6.12. The number of carbonyl (C=O) groups excluding carboxylic acids is 3. The smallest absolute Gasteiger partial charge is 0.294 e. The highest BCUT2D eigenvalue weighted by molar-refractivity contribution is 8.18. The van der Waals surface area contributed by atoms with Gasteiger partial charge in [0.05, 0.1) is 11.5 Å². The maximum absolute atomic E-state index is 12.6. The summed E-state index contributed by atoms with van der Waals surface area (Å²) in [4.78, 5) is 38.5. The summed E-state index contributed by atoms with van der Waals surface area (Å²) in [6, 6.07) is 12.4. The Hall–Kier alpha value is -2.77. The molecule has 1 heterocycles. The standard InChI is InChI=1S/C23H23ClN2O4S/c1-14(2)13-30-18-8-5-16(6-9-18)10-20-22(28)26(23(29)31-20)12-21(27)25-17-7-4-15(3)19(24)11-17/h4-11,14H,12-13H2,1-3H3,(H,25,27)/b20-10-. The van der Waals surface area contributed by atoms with Crippen LogP contribution in [0, 0.1) is 12.8 Å². The maximum atomic E-state index is 12.6. The fourth-order valence-corrected chi connectivity index (χ4v) is 3.74. The van der Waals surface area contributed by atoms with Crippen LogP contribution in [0.15, 0.2) is 47.4 Å². The van der Waals surface area contributed by atoms with Gasteiger partial charge in [0.1, 0.15) is 12.3 Å². The van der Waals surface area contributed by atoms with Gasteiger partial charge in [-0.1, -0.05) is 43.6 Å². The van der Waals surface area contributed by atoms with E-state index in [0.29, 0.717) is 23.2 Å². The van der Waals surface area contributed by atoms with Crippen LogP contribution in [0.1, 0.15) is 25.0 Å². The number of amides is 3. The van der Waals surface area contributed by atoms with E-state index in [2.05, 4.69) is 19.2 Å². The number of rotatable bonds is 7. The summed E-state index contributed by atoms with van der Waals surface area (Å²) in [6.07, 6.45) is 1.63. The normalized spacial score (nSPS) is 15.1. The second kappa shape index (κ2) is 10.0. The lowest BCUT2D eigenvalue weighted by molar-refractivity contribution is -0.127. The number of hydrogen-bond acceptors (Lipinski definition) is 5. The molecule has 1 aliphatic heterocycles. The van der Waals surface area contributed by atoms with E-state index >= 15 is 0 Å². The lowest BCUT2D eigenvalue weighted by atomic mass is 10.2. The second-order valence-electron chi connectivity index (χ2n) is 7.55. The van der Waals surface area contributed by atoms with Crippen molar-refractivity contribution in [3.63, 3.8) is 0 Å². The van der Waals surface area contributed by atoms with Crippen LogP contribution in [-0.2, 0) is 9.59 Å². The summed E-state index contributed by atoms with van der Waals surface area (Å²) >= 11 is 6.88. The van der Waals surface area contributed by atoms with Gasteiger partial charge in [-0.3, -0.25) is 19.3 Å². The molecular weight excluding hydrogens is 436 g/mol. The van der Waals surface area contributed by atoms with E-state index in [1.54, 1.807) is 24.3 Å². The average Bonchev–Trinajstić information content (AvgIpc) is 2.97. The number of imide groups is 1. The first-order valence-electron chi connectivity index (χ1n) is 9.77. The van der Waals surface area contributed by atoms with Crippen molar-refractivity contribution in [2.75, 3.05) is 18.5 Å². The minimum atomic E-state index is -0.493. The largest absolute Gasteiger partial charge is 0.493 e. The highest BCUT2D eigenvalue weighted by Gasteiger charge is 2.36. The van der Waals surface area contributed by atoms with E-state index in [-0.39, 0.29) is 11.4 Å². The molecule has 2 aromatic rings. The first-order valence-corrected chi connectivity index (χ1v) is 11.0. The summed E-state index contributed by atoms with van der Waals surface area (Å²) < 4.78 is 5.65. The molecule has 0 aromatic heterocycles. The molecule has 3 rings (SSSR count). The number of carbonyl (C=O) groups is 3. The zero-order valence-electron chi connectivity index (χ0n) is 17.5. The van der Waals surface area contributed by atoms with E-state index in [0.717, 1.165) is 33.5 Å². The number of thioether (sulfide) groups is 1. The van der Waals surface area contributed by atoms with E-state index < -0.39 is 17.1 Å². The third-order valence-corrected chi connectivity index (χ3v) is 5.71. The van der Waals surface area contributed by atoms with Gasteiger partial charge < -0.3 is 10.1 Å². The van der Waals surface area contributed by atoms with Crippen molar-refractivity contribution in [1.29, 1.82) is 0 Å². The molecular formula is C23H23ClN2O4S. The summed E-state index contributed by atoms with van der Waals surface area (Å²) in [5.74, 6) is 0.195. The van der Waals surface area contributed by atoms with Gasteiger partial charge in [0, 0.05) is 10.7 Å². The summed E-state index contributed by atoms with van der Waals surface area (Å²) in [5, 5.41) is 2.70. The lowest BCUT2D eigenvalue weighted by Crippen LogP contribution is -2.36. The molecule has 0 atom stereocenters. The van der Waals surface area contributed by atoms with Crippen molar-refractivity contribution < 1.29 is 19.1 Å². The van der Waals surface area contributed by atoms with Gasteiger partial charge in [-0.15, -0.1) is 0 Å². The second-order valence-corrected chi connectivity index (χ2v) is 8.95. The zero-order valence-corrected chi connectivity index (χ0v) is 19.0. The number of nitrogens with zero attached hydrogens (tertiary/aromatic N) is 1. The number of aryl methyl sites for hydroxylation is 1. The molecule has 1 N–H and O–H groups in total. The molecule has 6 nitrogen and oxygen atoms in total.